The number of ether oxygens (including phenoxy) is 2. The maximum atomic E-state index is 12.0. The van der Waals surface area contributed by atoms with Gasteiger partial charge in [-0.1, -0.05) is 51.4 Å². The van der Waals surface area contributed by atoms with Gasteiger partial charge in [-0.25, -0.2) is 9.36 Å². The van der Waals surface area contributed by atoms with Crippen LogP contribution in [-0.4, -0.2) is 41.0 Å². The number of unbranched alkanes of at least 4 members (excludes halogenated alkanes) is 6. The van der Waals surface area contributed by atoms with Crippen LogP contribution >= 0.6 is 7.82 Å². The standard InChI is InChI=1S/C23H29O8P/c1-3-5-7-9-11-13-15-17-22(24)29-19-21(20-30-32(26,27)28)31-23(25)18-16-14-12-10-8-6-4-2/h21H,4,6,8,10,12,14,16,18-20H2,1-2H3,(H2,26,27,28)/t21-/m0/s1. The van der Waals surface area contributed by atoms with Crippen molar-refractivity contribution in [1.82, 2.24) is 0 Å². The van der Waals surface area contributed by atoms with Gasteiger partial charge in [-0.2, -0.15) is 0 Å². The maximum Gasteiger partial charge on any atom is 0.469 e. The molecular formula is C23H29O8P. The minimum absolute atomic E-state index is 0.146. The topological polar surface area (TPSA) is 119 Å². The average molecular weight is 464 g/mol. The minimum Gasteiger partial charge on any atom is -0.456 e. The fourth-order valence-electron chi connectivity index (χ4n) is 2.24. The lowest BCUT2D eigenvalue weighted by molar-refractivity contribution is -0.158. The number of carbonyl (C=O) groups excluding carboxylic acids is 2. The van der Waals surface area contributed by atoms with Gasteiger partial charge in [-0.05, 0) is 48.9 Å². The molecule has 0 spiro atoms. The van der Waals surface area contributed by atoms with Crippen LogP contribution in [0.1, 0.15) is 65.2 Å². The van der Waals surface area contributed by atoms with E-state index in [1.807, 2.05) is 0 Å². The molecule has 2 N–H and O–H groups in total. The summed E-state index contributed by atoms with van der Waals surface area (Å²) in [4.78, 5) is 41.3. The molecule has 0 rings (SSSR count). The molecule has 174 valence electrons. The molecule has 0 bridgehead atoms. The van der Waals surface area contributed by atoms with Gasteiger partial charge in [0.25, 0.3) is 0 Å². The lowest BCUT2D eigenvalue weighted by Crippen LogP contribution is -2.29. The van der Waals surface area contributed by atoms with E-state index in [9.17, 15) is 14.2 Å². The van der Waals surface area contributed by atoms with E-state index in [1.54, 1.807) is 6.92 Å². The van der Waals surface area contributed by atoms with Crippen LogP contribution < -0.4 is 0 Å². The Kier molecular flexibility index (Phi) is 17.4. The molecule has 0 unspecified atom stereocenters. The number of phosphoric acid groups is 1. The monoisotopic (exact) mass is 464 g/mol. The highest BCUT2D eigenvalue weighted by atomic mass is 31.2. The normalized spacial score (nSPS) is 10.5. The zero-order chi connectivity index (χ0) is 24.1. The second-order valence-electron chi connectivity index (χ2n) is 6.49. The fraction of sp³-hybridized carbons (Fsp3) is 0.565. The maximum absolute atomic E-state index is 12.0. The number of hydrogen-bond donors (Lipinski definition) is 2. The molecule has 9 heteroatoms. The number of esters is 2. The molecule has 0 aromatic carbocycles. The predicted molar refractivity (Wildman–Crippen MR) is 118 cm³/mol. The van der Waals surface area contributed by atoms with Gasteiger partial charge in [0.15, 0.2) is 6.10 Å². The zero-order valence-electron chi connectivity index (χ0n) is 18.4. The Balaban J connectivity index is 4.54. The molecule has 32 heavy (non-hydrogen) atoms. The summed E-state index contributed by atoms with van der Waals surface area (Å²) < 4.78 is 25.3. The Morgan fingerprint density at radius 3 is 2.09 bits per heavy atom. The first-order chi connectivity index (χ1) is 15.3. The molecule has 0 amide bonds. The van der Waals surface area contributed by atoms with Gasteiger partial charge >= 0.3 is 19.8 Å². The summed E-state index contributed by atoms with van der Waals surface area (Å²) in [5.41, 5.74) is 0. The van der Waals surface area contributed by atoms with Crippen molar-refractivity contribution in [2.24, 2.45) is 0 Å². The van der Waals surface area contributed by atoms with Crippen molar-refractivity contribution in [3.05, 3.63) is 0 Å². The van der Waals surface area contributed by atoms with Crippen LogP contribution in [0, 0.1) is 47.4 Å². The van der Waals surface area contributed by atoms with Crippen molar-refractivity contribution in [2.75, 3.05) is 13.2 Å². The lowest BCUT2D eigenvalue weighted by atomic mass is 10.1. The van der Waals surface area contributed by atoms with Crippen LogP contribution in [0.2, 0.25) is 0 Å². The van der Waals surface area contributed by atoms with Crippen molar-refractivity contribution < 1.29 is 37.9 Å². The Hall–Kier alpha value is -2.71. The van der Waals surface area contributed by atoms with Crippen LogP contribution in [-0.2, 0) is 28.2 Å². The van der Waals surface area contributed by atoms with E-state index in [-0.39, 0.29) is 6.42 Å². The van der Waals surface area contributed by atoms with Crippen LogP contribution in [0.15, 0.2) is 0 Å². The SMILES string of the molecule is CC#CC#CC#CC#CC(=O)OC[C@@H](COP(=O)(O)O)OC(=O)CCCCCCCCC. The number of phosphoric ester groups is 1. The summed E-state index contributed by atoms with van der Waals surface area (Å²) in [6, 6.07) is 0. The second-order valence-corrected chi connectivity index (χ2v) is 7.73. The van der Waals surface area contributed by atoms with E-state index in [2.05, 4.69) is 58.8 Å². The molecule has 0 fully saturated rings. The molecule has 0 aromatic heterocycles. The Morgan fingerprint density at radius 1 is 0.875 bits per heavy atom. The van der Waals surface area contributed by atoms with E-state index in [0.29, 0.717) is 6.42 Å². The minimum atomic E-state index is -4.78. The largest absolute Gasteiger partial charge is 0.469 e. The number of hydrogen-bond acceptors (Lipinski definition) is 6. The molecule has 0 aliphatic heterocycles. The Bertz CT molecular complexity index is 874. The first-order valence-corrected chi connectivity index (χ1v) is 11.8. The molecule has 1 atom stereocenters. The summed E-state index contributed by atoms with van der Waals surface area (Å²) >= 11 is 0. The fourth-order valence-corrected chi connectivity index (χ4v) is 2.60. The van der Waals surface area contributed by atoms with Crippen LogP contribution in [0.25, 0.3) is 0 Å². The van der Waals surface area contributed by atoms with E-state index in [1.165, 1.54) is 12.8 Å². The van der Waals surface area contributed by atoms with Gasteiger partial charge in [-0.3, -0.25) is 9.32 Å². The Morgan fingerprint density at radius 2 is 1.47 bits per heavy atom. The zero-order valence-corrected chi connectivity index (χ0v) is 19.3. The predicted octanol–water partition coefficient (Wildman–Crippen LogP) is 2.72. The summed E-state index contributed by atoms with van der Waals surface area (Å²) in [6.45, 7) is 2.65. The van der Waals surface area contributed by atoms with Gasteiger partial charge in [0.2, 0.25) is 0 Å². The van der Waals surface area contributed by atoms with Crippen LogP contribution in [0.3, 0.4) is 0 Å². The molecule has 0 aromatic rings. The highest BCUT2D eigenvalue weighted by molar-refractivity contribution is 7.46. The molecular weight excluding hydrogens is 435 g/mol. The third-order valence-electron chi connectivity index (χ3n) is 3.71. The van der Waals surface area contributed by atoms with E-state index < -0.39 is 39.1 Å². The van der Waals surface area contributed by atoms with Crippen molar-refractivity contribution in [1.29, 1.82) is 0 Å². The summed E-state index contributed by atoms with van der Waals surface area (Å²) in [5.74, 6) is 17.4. The highest BCUT2D eigenvalue weighted by Gasteiger charge is 2.22. The molecule has 0 heterocycles. The molecule has 0 saturated carbocycles. The van der Waals surface area contributed by atoms with E-state index >= 15 is 0 Å². The molecule has 0 saturated heterocycles. The molecule has 8 nitrogen and oxygen atoms in total. The summed E-state index contributed by atoms with van der Waals surface area (Å²) in [6.07, 6.45) is 6.14. The third-order valence-corrected chi connectivity index (χ3v) is 4.20. The summed E-state index contributed by atoms with van der Waals surface area (Å²) in [5, 5.41) is 0. The van der Waals surface area contributed by atoms with Crippen molar-refractivity contribution in [3.63, 3.8) is 0 Å². The van der Waals surface area contributed by atoms with Gasteiger partial charge in [0.05, 0.1) is 6.61 Å². The van der Waals surface area contributed by atoms with E-state index in [0.717, 1.165) is 25.7 Å². The van der Waals surface area contributed by atoms with Gasteiger partial charge < -0.3 is 19.3 Å². The first kappa shape index (κ1) is 29.3. The Labute approximate surface area is 190 Å². The van der Waals surface area contributed by atoms with Gasteiger partial charge in [0, 0.05) is 12.3 Å². The summed E-state index contributed by atoms with van der Waals surface area (Å²) in [7, 11) is -4.78. The average Bonchev–Trinajstić information content (AvgIpc) is 2.73. The van der Waals surface area contributed by atoms with Crippen LogP contribution in [0.5, 0.6) is 0 Å². The van der Waals surface area contributed by atoms with Gasteiger partial charge in [0.1, 0.15) is 6.61 Å². The number of rotatable bonds is 14. The van der Waals surface area contributed by atoms with Crippen LogP contribution in [0.4, 0.5) is 0 Å². The molecule has 0 radical (unpaired) electrons. The number of carbonyl (C=O) groups is 2. The first-order valence-electron chi connectivity index (χ1n) is 10.3. The molecule has 0 aliphatic carbocycles. The van der Waals surface area contributed by atoms with Crippen molar-refractivity contribution >= 4 is 19.8 Å². The third kappa shape index (κ3) is 20.6. The lowest BCUT2D eigenvalue weighted by Gasteiger charge is -2.17. The highest BCUT2D eigenvalue weighted by Crippen LogP contribution is 2.35. The van der Waals surface area contributed by atoms with E-state index in [4.69, 9.17) is 19.3 Å². The quantitative estimate of drug-likeness (QED) is 0.132. The molecule has 0 aliphatic rings. The van der Waals surface area contributed by atoms with Crippen molar-refractivity contribution in [2.45, 2.75) is 71.3 Å². The second kappa shape index (κ2) is 19.0. The smallest absolute Gasteiger partial charge is 0.456 e. The van der Waals surface area contributed by atoms with Crippen molar-refractivity contribution in [3.8, 4) is 47.4 Å². The van der Waals surface area contributed by atoms with Gasteiger partial charge in [-0.15, -0.1) is 0 Å².